The molecule has 110 valence electrons. The second-order valence-corrected chi connectivity index (χ2v) is 5.46. The van der Waals surface area contributed by atoms with E-state index in [0.29, 0.717) is 6.04 Å². The maximum atomic E-state index is 4.19. The Labute approximate surface area is 128 Å². The van der Waals surface area contributed by atoms with Gasteiger partial charge in [0.2, 0.25) is 0 Å². The van der Waals surface area contributed by atoms with Crippen LogP contribution in [0.5, 0.6) is 0 Å². The molecule has 0 bridgehead atoms. The number of rotatable bonds is 7. The van der Waals surface area contributed by atoms with Crippen LogP contribution in [-0.2, 0) is 0 Å². The van der Waals surface area contributed by atoms with Crippen molar-refractivity contribution in [2.75, 3.05) is 0 Å². The van der Waals surface area contributed by atoms with Gasteiger partial charge in [-0.15, -0.1) is 0 Å². The van der Waals surface area contributed by atoms with Gasteiger partial charge in [-0.3, -0.25) is 0 Å². The van der Waals surface area contributed by atoms with Crippen molar-refractivity contribution in [3.05, 3.63) is 66.7 Å². The van der Waals surface area contributed by atoms with Crippen LogP contribution in [0, 0.1) is 0 Å². The summed E-state index contributed by atoms with van der Waals surface area (Å²) in [6.07, 6.45) is 3.53. The lowest BCUT2D eigenvalue weighted by Crippen LogP contribution is -2.26. The van der Waals surface area contributed by atoms with Crippen molar-refractivity contribution < 1.29 is 0 Å². The van der Waals surface area contributed by atoms with Gasteiger partial charge >= 0.3 is 0 Å². The van der Waals surface area contributed by atoms with Crippen LogP contribution in [0.1, 0.15) is 38.7 Å². The fraction of sp³-hybridized carbons (Fsp3) is 0.300. The lowest BCUT2D eigenvalue weighted by Gasteiger charge is -2.19. The van der Waals surface area contributed by atoms with E-state index >= 15 is 0 Å². The van der Waals surface area contributed by atoms with Gasteiger partial charge < -0.3 is 5.32 Å². The Balaban J connectivity index is 2.06. The van der Waals surface area contributed by atoms with Gasteiger partial charge in [0.25, 0.3) is 0 Å². The highest BCUT2D eigenvalue weighted by molar-refractivity contribution is 5.68. The van der Waals surface area contributed by atoms with E-state index in [1.807, 2.05) is 6.07 Å². The summed E-state index contributed by atoms with van der Waals surface area (Å²) >= 11 is 0. The minimum absolute atomic E-state index is 0.524. The van der Waals surface area contributed by atoms with Crippen LogP contribution in [0.2, 0.25) is 0 Å². The number of nitrogens with one attached hydrogen (secondary N) is 1. The van der Waals surface area contributed by atoms with Crippen molar-refractivity contribution in [2.24, 2.45) is 0 Å². The van der Waals surface area contributed by atoms with E-state index in [2.05, 4.69) is 74.3 Å². The lowest BCUT2D eigenvalue weighted by molar-refractivity contribution is 0.529. The van der Waals surface area contributed by atoms with E-state index in [4.69, 9.17) is 0 Å². The first kappa shape index (κ1) is 15.4. The van der Waals surface area contributed by atoms with Crippen LogP contribution >= 0.6 is 0 Å². The summed E-state index contributed by atoms with van der Waals surface area (Å²) in [5, 5.41) is 3.55. The second-order valence-electron chi connectivity index (χ2n) is 5.46. The largest absolute Gasteiger partial charge is 0.382 e. The molecule has 0 aliphatic rings. The quantitative estimate of drug-likeness (QED) is 0.706. The fourth-order valence-corrected chi connectivity index (χ4v) is 2.55. The molecule has 1 heteroatoms. The molecule has 0 radical (unpaired) electrons. The number of benzene rings is 2. The molecule has 0 saturated carbocycles. The first-order valence-electron chi connectivity index (χ1n) is 7.85. The Morgan fingerprint density at radius 3 is 2.14 bits per heavy atom. The van der Waals surface area contributed by atoms with Crippen molar-refractivity contribution in [1.29, 1.82) is 0 Å². The van der Waals surface area contributed by atoms with E-state index in [9.17, 15) is 0 Å². The summed E-state index contributed by atoms with van der Waals surface area (Å²) in [5.41, 5.74) is 4.69. The molecule has 0 amide bonds. The lowest BCUT2D eigenvalue weighted by atomic mass is 10.0. The zero-order valence-electron chi connectivity index (χ0n) is 13.1. The molecule has 1 nitrogen and oxygen atoms in total. The SMILES string of the molecule is C=C(NC(CC)CCC)c1ccc(-c2ccccc2)cc1. The van der Waals surface area contributed by atoms with E-state index in [1.165, 1.54) is 29.5 Å². The fourth-order valence-electron chi connectivity index (χ4n) is 2.55. The smallest absolute Gasteiger partial charge is 0.0342 e. The maximum Gasteiger partial charge on any atom is 0.0342 e. The maximum absolute atomic E-state index is 4.19. The Bertz CT molecular complexity index is 554. The molecule has 1 unspecified atom stereocenters. The third-order valence-corrected chi connectivity index (χ3v) is 3.85. The van der Waals surface area contributed by atoms with Crippen LogP contribution < -0.4 is 5.32 Å². The highest BCUT2D eigenvalue weighted by atomic mass is 14.9. The molecule has 2 rings (SSSR count). The molecular weight excluding hydrogens is 254 g/mol. The molecule has 2 aromatic rings. The molecule has 0 heterocycles. The van der Waals surface area contributed by atoms with E-state index in [0.717, 1.165) is 12.1 Å². The van der Waals surface area contributed by atoms with Crippen molar-refractivity contribution in [2.45, 2.75) is 39.2 Å². The van der Waals surface area contributed by atoms with Crippen LogP contribution in [-0.4, -0.2) is 6.04 Å². The predicted molar refractivity (Wildman–Crippen MR) is 93.0 cm³/mol. The van der Waals surface area contributed by atoms with Gasteiger partial charge in [0.05, 0.1) is 0 Å². The Morgan fingerprint density at radius 1 is 0.952 bits per heavy atom. The van der Waals surface area contributed by atoms with Crippen molar-refractivity contribution in [3.63, 3.8) is 0 Å². The molecule has 21 heavy (non-hydrogen) atoms. The van der Waals surface area contributed by atoms with Gasteiger partial charge in [-0.2, -0.15) is 0 Å². The van der Waals surface area contributed by atoms with E-state index in [1.54, 1.807) is 0 Å². The standard InChI is InChI=1S/C20H25N/c1-4-9-20(5-2)21-16(3)17-12-14-19(15-13-17)18-10-7-6-8-11-18/h6-8,10-15,20-21H,3-5,9H2,1-2H3. The van der Waals surface area contributed by atoms with Gasteiger partial charge in [-0.25, -0.2) is 0 Å². The minimum atomic E-state index is 0.524. The van der Waals surface area contributed by atoms with Gasteiger partial charge in [0.1, 0.15) is 0 Å². The Kier molecular flexibility index (Phi) is 5.62. The zero-order chi connectivity index (χ0) is 15.1. The van der Waals surface area contributed by atoms with Crippen molar-refractivity contribution in [1.82, 2.24) is 5.32 Å². The summed E-state index contributed by atoms with van der Waals surface area (Å²) in [6.45, 7) is 8.63. The van der Waals surface area contributed by atoms with Gasteiger partial charge in [-0.1, -0.05) is 81.4 Å². The van der Waals surface area contributed by atoms with Crippen LogP contribution in [0.15, 0.2) is 61.2 Å². The number of hydrogen-bond donors (Lipinski definition) is 1. The summed E-state index contributed by atoms with van der Waals surface area (Å²) in [6, 6.07) is 19.6. The third kappa shape index (κ3) is 4.22. The third-order valence-electron chi connectivity index (χ3n) is 3.85. The Hall–Kier alpha value is -2.02. The van der Waals surface area contributed by atoms with Crippen molar-refractivity contribution in [3.8, 4) is 11.1 Å². The molecule has 0 aromatic heterocycles. The molecule has 0 fully saturated rings. The first-order chi connectivity index (χ1) is 10.2. The molecule has 1 N–H and O–H groups in total. The summed E-state index contributed by atoms with van der Waals surface area (Å²) in [4.78, 5) is 0. The van der Waals surface area contributed by atoms with Gasteiger partial charge in [-0.05, 0) is 29.5 Å². The molecule has 2 aromatic carbocycles. The Morgan fingerprint density at radius 2 is 1.57 bits per heavy atom. The summed E-state index contributed by atoms with van der Waals surface area (Å²) < 4.78 is 0. The predicted octanol–water partition coefficient (Wildman–Crippen LogP) is 5.49. The molecule has 0 aliphatic carbocycles. The van der Waals surface area contributed by atoms with Crippen molar-refractivity contribution >= 4 is 5.70 Å². The average molecular weight is 279 g/mol. The second kappa shape index (κ2) is 7.68. The average Bonchev–Trinajstić information content (AvgIpc) is 2.55. The normalized spacial score (nSPS) is 11.9. The van der Waals surface area contributed by atoms with Crippen LogP contribution in [0.3, 0.4) is 0 Å². The van der Waals surface area contributed by atoms with Crippen LogP contribution in [0.4, 0.5) is 0 Å². The highest BCUT2D eigenvalue weighted by Gasteiger charge is 2.07. The summed E-state index contributed by atoms with van der Waals surface area (Å²) in [7, 11) is 0. The van der Waals surface area contributed by atoms with Gasteiger partial charge in [0, 0.05) is 11.7 Å². The van der Waals surface area contributed by atoms with E-state index in [-0.39, 0.29) is 0 Å². The minimum Gasteiger partial charge on any atom is -0.382 e. The van der Waals surface area contributed by atoms with Crippen LogP contribution in [0.25, 0.3) is 16.8 Å². The topological polar surface area (TPSA) is 12.0 Å². The molecule has 0 spiro atoms. The summed E-state index contributed by atoms with van der Waals surface area (Å²) in [5.74, 6) is 0. The zero-order valence-corrected chi connectivity index (χ0v) is 13.1. The number of hydrogen-bond acceptors (Lipinski definition) is 1. The van der Waals surface area contributed by atoms with Gasteiger partial charge in [0.15, 0.2) is 0 Å². The highest BCUT2D eigenvalue weighted by Crippen LogP contribution is 2.21. The molecule has 0 saturated heterocycles. The molecule has 0 aliphatic heterocycles. The molecule has 1 atom stereocenters. The monoisotopic (exact) mass is 279 g/mol. The first-order valence-corrected chi connectivity index (χ1v) is 7.85. The van der Waals surface area contributed by atoms with E-state index < -0.39 is 0 Å². The molecular formula is C20H25N.